The number of anilines is 2. The number of carboxylic acid groups (broad SMARTS) is 1. The topological polar surface area (TPSA) is 167 Å². The summed E-state index contributed by atoms with van der Waals surface area (Å²) in [5.41, 5.74) is 4.06. The Kier molecular flexibility index (Phi) is 6.86. The zero-order chi connectivity index (χ0) is 31.7. The van der Waals surface area contributed by atoms with E-state index in [1.165, 1.54) is 49.8 Å². The first-order valence-corrected chi connectivity index (χ1v) is 13.0. The van der Waals surface area contributed by atoms with Crippen molar-refractivity contribution < 1.29 is 36.6 Å². The summed E-state index contributed by atoms with van der Waals surface area (Å²) in [5, 5.41) is 24.8. The molecule has 0 aliphatic carbocycles. The summed E-state index contributed by atoms with van der Waals surface area (Å²) in [6, 6.07) is 4.29. The van der Waals surface area contributed by atoms with Crippen LogP contribution >= 0.6 is 11.6 Å². The Hall–Kier alpha value is -4.41. The maximum Gasteiger partial charge on any atom is 0.453 e. The third kappa shape index (κ3) is 5.00. The number of hydrogen-bond acceptors (Lipinski definition) is 8. The molecule has 4 heterocycles. The third-order valence-electron chi connectivity index (χ3n) is 7.29. The van der Waals surface area contributed by atoms with Gasteiger partial charge in [-0.25, -0.2) is 9.97 Å². The predicted octanol–water partition coefficient (Wildman–Crippen LogP) is 4.28. The number of hydrogen-bond donors (Lipinski definition) is 3. The molecular weight excluding hydrogens is 605 g/mol. The first-order valence-electron chi connectivity index (χ1n) is 12.6. The smallest absolute Gasteiger partial charge is 0.453 e. The van der Waals surface area contributed by atoms with Crippen LogP contribution in [0, 0.1) is 5.41 Å². The van der Waals surface area contributed by atoms with E-state index in [0.29, 0.717) is 0 Å². The number of aliphatic carboxylic acids is 1. The van der Waals surface area contributed by atoms with Gasteiger partial charge in [0.15, 0.2) is 5.82 Å². The van der Waals surface area contributed by atoms with E-state index in [1.807, 2.05) is 0 Å². The van der Waals surface area contributed by atoms with E-state index < -0.39 is 47.8 Å². The summed E-state index contributed by atoms with van der Waals surface area (Å²) in [6.07, 6.45) is -5.90. The fraction of sp³-hybridized carbons (Fsp3) is 0.400. The van der Waals surface area contributed by atoms with Crippen molar-refractivity contribution in [3.63, 3.8) is 0 Å². The van der Waals surface area contributed by atoms with E-state index in [9.17, 15) is 36.6 Å². The minimum Gasteiger partial charge on any atom is -0.481 e. The van der Waals surface area contributed by atoms with Crippen molar-refractivity contribution in [3.05, 3.63) is 40.7 Å². The summed E-state index contributed by atoms with van der Waals surface area (Å²) in [7, 11) is 0. The molecule has 1 aliphatic rings. The highest BCUT2D eigenvalue weighted by Crippen LogP contribution is 2.45. The van der Waals surface area contributed by atoms with Crippen molar-refractivity contribution in [1.82, 2.24) is 34.7 Å². The molecule has 0 radical (unpaired) electrons. The molecule has 0 saturated carbocycles. The molecule has 1 amide bonds. The summed E-state index contributed by atoms with van der Waals surface area (Å²) in [6.45, 7) is 3.66. The van der Waals surface area contributed by atoms with Crippen LogP contribution in [-0.2, 0) is 28.1 Å². The van der Waals surface area contributed by atoms with E-state index in [4.69, 9.17) is 17.3 Å². The minimum absolute atomic E-state index is 0.00110. The minimum atomic E-state index is -5.74. The van der Waals surface area contributed by atoms with E-state index in [-0.39, 0.29) is 56.9 Å². The van der Waals surface area contributed by atoms with Crippen LogP contribution in [0.1, 0.15) is 38.4 Å². The first kappa shape index (κ1) is 30.1. The average Bonchev–Trinajstić information content (AvgIpc) is 3.57. The van der Waals surface area contributed by atoms with Gasteiger partial charge >= 0.3 is 18.1 Å². The third-order valence-corrected chi connectivity index (χ3v) is 7.52. The monoisotopic (exact) mass is 627 g/mol. The number of nitrogens with two attached hydrogens (primary N) is 1. The van der Waals surface area contributed by atoms with Gasteiger partial charge in [0.05, 0.1) is 23.0 Å². The molecule has 5 rings (SSSR count). The predicted molar refractivity (Wildman–Crippen MR) is 142 cm³/mol. The second-order valence-corrected chi connectivity index (χ2v) is 11.3. The Morgan fingerprint density at radius 1 is 1.19 bits per heavy atom. The zero-order valence-corrected chi connectivity index (χ0v) is 23.4. The van der Waals surface area contributed by atoms with Gasteiger partial charge in [-0.2, -0.15) is 27.1 Å². The molecule has 18 heteroatoms. The quantitative estimate of drug-likeness (QED) is 0.242. The lowest BCUT2D eigenvalue weighted by Gasteiger charge is -2.20. The number of alkyl halides is 5. The lowest BCUT2D eigenvalue weighted by atomic mass is 9.81. The number of carboxylic acids is 1. The molecule has 3 aromatic heterocycles. The van der Waals surface area contributed by atoms with Crippen LogP contribution in [-0.4, -0.2) is 63.8 Å². The molecule has 0 saturated heterocycles. The van der Waals surface area contributed by atoms with E-state index >= 15 is 0 Å². The Morgan fingerprint density at radius 3 is 2.53 bits per heavy atom. The van der Waals surface area contributed by atoms with E-state index in [2.05, 4.69) is 30.7 Å². The van der Waals surface area contributed by atoms with E-state index in [1.54, 1.807) is 0 Å². The molecule has 0 bridgehead atoms. The average molecular weight is 628 g/mol. The fourth-order valence-corrected chi connectivity index (χ4v) is 4.87. The van der Waals surface area contributed by atoms with Gasteiger partial charge in [0.1, 0.15) is 28.4 Å². The molecule has 0 unspecified atom stereocenters. The van der Waals surface area contributed by atoms with Gasteiger partial charge in [0, 0.05) is 29.6 Å². The van der Waals surface area contributed by atoms with Gasteiger partial charge in [0.25, 0.3) is 0 Å². The number of rotatable bonds is 8. The normalized spacial score (nSPS) is 17.4. The highest BCUT2D eigenvalue weighted by atomic mass is 35.5. The summed E-state index contributed by atoms with van der Waals surface area (Å²) >= 11 is 6.06. The molecule has 1 aliphatic heterocycles. The molecular formula is C25H23ClF5N9O3. The molecule has 0 fully saturated rings. The van der Waals surface area contributed by atoms with Crippen LogP contribution in [0.4, 0.5) is 33.6 Å². The summed E-state index contributed by atoms with van der Waals surface area (Å²) < 4.78 is 67.9. The number of nitrogens with one attached hydrogen (secondary N) is 1. The lowest BCUT2D eigenvalue weighted by molar-refractivity contribution is -0.285. The second-order valence-electron chi connectivity index (χ2n) is 10.9. The van der Waals surface area contributed by atoms with Gasteiger partial charge in [-0.3, -0.25) is 19.0 Å². The van der Waals surface area contributed by atoms with Crippen LogP contribution in [0.3, 0.4) is 0 Å². The summed E-state index contributed by atoms with van der Waals surface area (Å²) in [5.74, 6) is -6.91. The van der Waals surface area contributed by atoms with Crippen LogP contribution in [0.2, 0.25) is 5.02 Å². The van der Waals surface area contributed by atoms with Crippen LogP contribution < -0.4 is 11.1 Å². The van der Waals surface area contributed by atoms with Gasteiger partial charge in [-0.05, 0) is 39.0 Å². The molecule has 1 aromatic carbocycles. The molecule has 0 spiro atoms. The van der Waals surface area contributed by atoms with Crippen molar-refractivity contribution >= 4 is 46.0 Å². The fourth-order valence-electron chi connectivity index (χ4n) is 4.71. The molecule has 1 atom stereocenters. The highest BCUT2D eigenvalue weighted by molar-refractivity contribution is 6.31. The molecule has 228 valence electrons. The van der Waals surface area contributed by atoms with Crippen LogP contribution in [0.15, 0.2) is 24.4 Å². The van der Waals surface area contributed by atoms with Crippen molar-refractivity contribution in [2.75, 3.05) is 11.1 Å². The summed E-state index contributed by atoms with van der Waals surface area (Å²) in [4.78, 5) is 33.5. The van der Waals surface area contributed by atoms with Crippen molar-refractivity contribution in [3.8, 4) is 11.5 Å². The highest BCUT2D eigenvalue weighted by Gasteiger charge is 2.57. The maximum atomic E-state index is 13.7. The maximum absolute atomic E-state index is 13.7. The number of benzene rings is 1. The van der Waals surface area contributed by atoms with Gasteiger partial charge in [-0.15, -0.1) is 5.10 Å². The SMILES string of the molecule is CC(C)(Cn1cc([C@]2(C)C(=O)Nc3nc(-c4nn(CCC(F)(F)C(F)(F)F)c5cc(Cl)ccc45)nc(N)c32)nn1)C(=O)O. The Balaban J connectivity index is 1.55. The van der Waals surface area contributed by atoms with Crippen molar-refractivity contribution in [2.24, 2.45) is 5.41 Å². The Morgan fingerprint density at radius 2 is 1.88 bits per heavy atom. The standard InChI is InChI=1S/C25H23ClF5N9O3/c1-22(2,21(42)43)10-39-9-14(36-38-39)23(3)15-17(32)33-19(34-18(15)35-20(23)41)16-12-5-4-11(26)8-13(12)40(37-16)7-6-24(27,28)25(29,30)31/h4-5,8-9H,6-7,10H2,1-3H3,(H,42,43)(H3,32,33,34,35,41)/t23-/m0/s1. The largest absolute Gasteiger partial charge is 0.481 e. The number of aryl methyl sites for hydroxylation is 1. The number of fused-ring (bicyclic) bond motifs is 2. The number of nitrogen functional groups attached to an aromatic ring is 1. The van der Waals surface area contributed by atoms with E-state index in [0.717, 1.165) is 4.68 Å². The second kappa shape index (κ2) is 9.82. The van der Waals surface area contributed by atoms with Crippen LogP contribution in [0.5, 0.6) is 0 Å². The lowest BCUT2D eigenvalue weighted by Crippen LogP contribution is -2.37. The molecule has 4 aromatic rings. The number of carbonyl (C=O) groups excluding carboxylic acids is 1. The van der Waals surface area contributed by atoms with Gasteiger partial charge < -0.3 is 16.2 Å². The van der Waals surface area contributed by atoms with Crippen LogP contribution in [0.25, 0.3) is 22.4 Å². The Labute approximate surface area is 244 Å². The number of halogens is 6. The first-order chi connectivity index (χ1) is 19.8. The zero-order valence-electron chi connectivity index (χ0n) is 22.7. The molecule has 12 nitrogen and oxygen atoms in total. The van der Waals surface area contributed by atoms with Crippen molar-refractivity contribution in [1.29, 1.82) is 0 Å². The van der Waals surface area contributed by atoms with Gasteiger partial charge in [0.2, 0.25) is 5.91 Å². The molecule has 43 heavy (non-hydrogen) atoms. The number of carbonyl (C=O) groups is 2. The number of aromatic nitrogens is 7. The number of amides is 1. The molecule has 4 N–H and O–H groups in total. The Bertz CT molecular complexity index is 1790. The number of nitrogens with zero attached hydrogens (tertiary/aromatic N) is 7. The van der Waals surface area contributed by atoms with Gasteiger partial charge in [-0.1, -0.05) is 16.8 Å². The van der Waals surface area contributed by atoms with Crippen molar-refractivity contribution in [2.45, 2.75) is 57.8 Å².